The van der Waals surface area contributed by atoms with Gasteiger partial charge in [0.15, 0.2) is 0 Å². The first-order valence-electron chi connectivity index (χ1n) is 3.85. The zero-order valence-corrected chi connectivity index (χ0v) is 9.03. The van der Waals surface area contributed by atoms with Gasteiger partial charge in [0.25, 0.3) is 3.79 Å². The Hall–Kier alpha value is 0.300. The molecule has 0 amide bonds. The van der Waals surface area contributed by atoms with Crippen LogP contribution in [0, 0.1) is 0 Å². The topological polar surface area (TPSA) is 35.5 Å². The predicted octanol–water partition coefficient (Wildman–Crippen LogP) is 2.08. The van der Waals surface area contributed by atoms with E-state index < -0.39 is 9.76 Å². The molecule has 0 saturated carbocycles. The highest BCUT2D eigenvalue weighted by atomic mass is 35.6. The van der Waals surface area contributed by atoms with Gasteiger partial charge in [-0.05, 0) is 12.8 Å². The molecule has 0 bridgehead atoms. The molecule has 1 aliphatic rings. The molecular formula is C7H9Cl3O3. The van der Waals surface area contributed by atoms with Crippen LogP contribution in [0.5, 0.6) is 0 Å². The van der Waals surface area contributed by atoms with Crippen LogP contribution in [0.15, 0.2) is 0 Å². The lowest BCUT2D eigenvalue weighted by Gasteiger charge is -2.13. The van der Waals surface area contributed by atoms with E-state index in [2.05, 4.69) is 0 Å². The lowest BCUT2D eigenvalue weighted by atomic mass is 10.2. The first kappa shape index (κ1) is 11.4. The second kappa shape index (κ2) is 4.69. The van der Waals surface area contributed by atoms with Crippen molar-refractivity contribution >= 4 is 40.8 Å². The summed E-state index contributed by atoms with van der Waals surface area (Å²) in [7, 11) is 0. The molecule has 1 fully saturated rings. The SMILES string of the molecule is O=C(OC[C@@H]1CCCO1)C(Cl)(Cl)Cl. The Balaban J connectivity index is 2.22. The minimum atomic E-state index is -1.99. The largest absolute Gasteiger partial charge is 0.460 e. The fourth-order valence-corrected chi connectivity index (χ4v) is 1.19. The summed E-state index contributed by atoms with van der Waals surface area (Å²) >= 11 is 15.9. The Bertz CT molecular complexity index is 184. The van der Waals surface area contributed by atoms with E-state index in [-0.39, 0.29) is 12.7 Å². The summed E-state index contributed by atoms with van der Waals surface area (Å²) < 4.78 is 7.95. The van der Waals surface area contributed by atoms with Gasteiger partial charge in [0.2, 0.25) is 0 Å². The van der Waals surface area contributed by atoms with Crippen LogP contribution in [0.2, 0.25) is 0 Å². The van der Waals surface area contributed by atoms with Crippen molar-refractivity contribution in [3.63, 3.8) is 0 Å². The zero-order chi connectivity index (χ0) is 9.90. The van der Waals surface area contributed by atoms with Crippen molar-refractivity contribution < 1.29 is 14.3 Å². The van der Waals surface area contributed by atoms with Crippen LogP contribution in [0.1, 0.15) is 12.8 Å². The third-order valence-electron chi connectivity index (χ3n) is 1.66. The molecule has 0 aromatic rings. The standard InChI is InChI=1S/C7H9Cl3O3/c8-7(9,10)6(11)13-4-5-2-1-3-12-5/h5H,1-4H2/t5-/m0/s1. The monoisotopic (exact) mass is 246 g/mol. The third-order valence-corrected chi connectivity index (χ3v) is 2.12. The summed E-state index contributed by atoms with van der Waals surface area (Å²) in [5.74, 6) is -0.854. The maximum Gasteiger partial charge on any atom is 0.358 e. The lowest BCUT2D eigenvalue weighted by molar-refractivity contribution is -0.145. The number of carbonyl (C=O) groups excluding carboxylic acids is 1. The molecule has 1 atom stereocenters. The van der Waals surface area contributed by atoms with Crippen LogP contribution in [0.4, 0.5) is 0 Å². The van der Waals surface area contributed by atoms with Gasteiger partial charge < -0.3 is 9.47 Å². The first-order valence-corrected chi connectivity index (χ1v) is 4.99. The first-order chi connectivity index (χ1) is 6.00. The van der Waals surface area contributed by atoms with E-state index in [9.17, 15) is 4.79 Å². The van der Waals surface area contributed by atoms with Gasteiger partial charge in [-0.3, -0.25) is 0 Å². The Morgan fingerprint density at radius 1 is 1.54 bits per heavy atom. The summed E-state index contributed by atoms with van der Waals surface area (Å²) in [6, 6.07) is 0. The smallest absolute Gasteiger partial charge is 0.358 e. The molecule has 0 N–H and O–H groups in total. The zero-order valence-electron chi connectivity index (χ0n) is 6.76. The normalized spacial score (nSPS) is 23.2. The molecule has 1 aliphatic heterocycles. The number of hydrogen-bond acceptors (Lipinski definition) is 3. The van der Waals surface area contributed by atoms with Gasteiger partial charge in [0.1, 0.15) is 6.61 Å². The number of rotatable bonds is 2. The van der Waals surface area contributed by atoms with E-state index in [0.29, 0.717) is 6.61 Å². The molecule has 0 unspecified atom stereocenters. The lowest BCUT2D eigenvalue weighted by Crippen LogP contribution is -2.26. The molecule has 1 saturated heterocycles. The van der Waals surface area contributed by atoms with Gasteiger partial charge in [-0.1, -0.05) is 34.8 Å². The van der Waals surface area contributed by atoms with Crippen LogP contribution in [-0.4, -0.2) is 29.1 Å². The Morgan fingerprint density at radius 2 is 2.23 bits per heavy atom. The Morgan fingerprint density at radius 3 is 2.69 bits per heavy atom. The second-order valence-electron chi connectivity index (χ2n) is 2.73. The summed E-state index contributed by atoms with van der Waals surface area (Å²) in [6.07, 6.45) is 1.82. The average Bonchev–Trinajstić information content (AvgIpc) is 2.50. The van der Waals surface area contributed by atoms with Gasteiger partial charge in [-0.25, -0.2) is 4.79 Å². The van der Waals surface area contributed by atoms with Crippen molar-refractivity contribution in [2.24, 2.45) is 0 Å². The molecule has 1 rings (SSSR count). The van der Waals surface area contributed by atoms with Crippen molar-refractivity contribution in [3.05, 3.63) is 0 Å². The molecule has 0 spiro atoms. The summed E-state index contributed by atoms with van der Waals surface area (Å²) in [4.78, 5) is 10.9. The summed E-state index contributed by atoms with van der Waals surface area (Å²) in [6.45, 7) is 0.864. The summed E-state index contributed by atoms with van der Waals surface area (Å²) in [5, 5.41) is 0. The number of halogens is 3. The number of alkyl halides is 3. The maximum absolute atomic E-state index is 10.9. The van der Waals surface area contributed by atoms with E-state index in [4.69, 9.17) is 44.3 Å². The number of esters is 1. The van der Waals surface area contributed by atoms with Crippen molar-refractivity contribution in [2.45, 2.75) is 22.7 Å². The Kier molecular flexibility index (Phi) is 4.10. The highest BCUT2D eigenvalue weighted by molar-refractivity contribution is 6.75. The second-order valence-corrected chi connectivity index (χ2v) is 5.01. The van der Waals surface area contributed by atoms with E-state index in [1.54, 1.807) is 0 Å². The van der Waals surface area contributed by atoms with Gasteiger partial charge >= 0.3 is 5.97 Å². The van der Waals surface area contributed by atoms with Crippen LogP contribution >= 0.6 is 34.8 Å². The van der Waals surface area contributed by atoms with Crippen molar-refractivity contribution in [1.29, 1.82) is 0 Å². The van der Waals surface area contributed by atoms with E-state index in [1.807, 2.05) is 0 Å². The van der Waals surface area contributed by atoms with Crippen LogP contribution in [-0.2, 0) is 14.3 Å². The minimum absolute atomic E-state index is 0.0451. The molecule has 1 heterocycles. The van der Waals surface area contributed by atoms with Crippen LogP contribution in [0.3, 0.4) is 0 Å². The number of hydrogen-bond donors (Lipinski definition) is 0. The molecule has 0 aliphatic carbocycles. The molecule has 76 valence electrons. The molecule has 0 radical (unpaired) electrons. The third kappa shape index (κ3) is 3.90. The molecule has 6 heteroatoms. The highest BCUT2D eigenvalue weighted by Gasteiger charge is 2.33. The quantitative estimate of drug-likeness (QED) is 0.554. The molecule has 3 nitrogen and oxygen atoms in total. The predicted molar refractivity (Wildman–Crippen MR) is 50.2 cm³/mol. The fourth-order valence-electron chi connectivity index (χ4n) is 1.03. The number of ether oxygens (including phenoxy) is 2. The van der Waals surface area contributed by atoms with Crippen molar-refractivity contribution in [1.82, 2.24) is 0 Å². The van der Waals surface area contributed by atoms with Gasteiger partial charge in [-0.2, -0.15) is 0 Å². The van der Waals surface area contributed by atoms with Gasteiger partial charge in [-0.15, -0.1) is 0 Å². The highest BCUT2D eigenvalue weighted by Crippen LogP contribution is 2.27. The number of carbonyl (C=O) groups is 1. The van der Waals surface area contributed by atoms with Crippen molar-refractivity contribution in [3.8, 4) is 0 Å². The van der Waals surface area contributed by atoms with Gasteiger partial charge in [0, 0.05) is 6.61 Å². The van der Waals surface area contributed by atoms with Crippen LogP contribution < -0.4 is 0 Å². The Labute approximate surface area is 91.2 Å². The minimum Gasteiger partial charge on any atom is -0.460 e. The molecular weight excluding hydrogens is 238 g/mol. The molecule has 13 heavy (non-hydrogen) atoms. The fraction of sp³-hybridized carbons (Fsp3) is 0.857. The maximum atomic E-state index is 10.9. The van der Waals surface area contributed by atoms with Gasteiger partial charge in [0.05, 0.1) is 6.10 Å². The van der Waals surface area contributed by atoms with Crippen LogP contribution in [0.25, 0.3) is 0 Å². The molecule has 0 aromatic heterocycles. The molecule has 0 aromatic carbocycles. The van der Waals surface area contributed by atoms with E-state index >= 15 is 0 Å². The summed E-state index contributed by atoms with van der Waals surface area (Å²) in [5.41, 5.74) is 0. The average molecular weight is 248 g/mol. The van der Waals surface area contributed by atoms with E-state index in [0.717, 1.165) is 12.8 Å². The van der Waals surface area contributed by atoms with Crippen molar-refractivity contribution in [2.75, 3.05) is 13.2 Å². The van der Waals surface area contributed by atoms with E-state index in [1.165, 1.54) is 0 Å².